The summed E-state index contributed by atoms with van der Waals surface area (Å²) in [5.41, 5.74) is 8.38. The Morgan fingerprint density at radius 2 is 1.71 bits per heavy atom. The molecule has 17 heavy (non-hydrogen) atoms. The lowest BCUT2D eigenvalue weighted by atomic mass is 9.95. The van der Waals surface area contributed by atoms with Crippen LogP contribution in [-0.2, 0) is 6.42 Å². The minimum absolute atomic E-state index is 1.06. The molecule has 0 heteroatoms. The molecule has 0 unspecified atom stereocenters. The molecule has 1 rings (SSSR count). The molecule has 0 aliphatic heterocycles. The van der Waals surface area contributed by atoms with Gasteiger partial charge in [-0.15, -0.1) is 0 Å². The highest BCUT2D eigenvalue weighted by molar-refractivity contribution is 5.57. The largest absolute Gasteiger partial charge is 0.0772 e. The van der Waals surface area contributed by atoms with E-state index >= 15 is 0 Å². The van der Waals surface area contributed by atoms with E-state index in [1.165, 1.54) is 33.4 Å². The maximum Gasteiger partial charge on any atom is -0.00614 e. The summed E-state index contributed by atoms with van der Waals surface area (Å²) >= 11 is 0. The minimum atomic E-state index is 1.06. The van der Waals surface area contributed by atoms with Crippen LogP contribution in [0.2, 0.25) is 0 Å². The molecule has 0 aliphatic rings. The van der Waals surface area contributed by atoms with Crippen molar-refractivity contribution < 1.29 is 0 Å². The lowest BCUT2D eigenvalue weighted by Gasteiger charge is -2.10. The predicted octanol–water partition coefficient (Wildman–Crippen LogP) is 5.32. The van der Waals surface area contributed by atoms with Crippen molar-refractivity contribution in [3.63, 3.8) is 0 Å². The first-order valence-corrected chi connectivity index (χ1v) is 6.27. The summed E-state index contributed by atoms with van der Waals surface area (Å²) in [4.78, 5) is 0. The van der Waals surface area contributed by atoms with Crippen molar-refractivity contribution in [1.29, 1.82) is 0 Å². The van der Waals surface area contributed by atoms with Crippen molar-refractivity contribution in [3.05, 3.63) is 51.6 Å². The predicted molar refractivity (Wildman–Crippen MR) is 78.3 cm³/mol. The Kier molecular flexibility index (Phi) is 4.74. The van der Waals surface area contributed by atoms with Crippen LogP contribution in [0.25, 0.3) is 6.08 Å². The number of hydrogen-bond donors (Lipinski definition) is 0. The van der Waals surface area contributed by atoms with Crippen LogP contribution in [-0.4, -0.2) is 0 Å². The third-order valence-corrected chi connectivity index (χ3v) is 3.05. The van der Waals surface area contributed by atoms with Gasteiger partial charge in [-0.05, 0) is 59.1 Å². The quantitative estimate of drug-likeness (QED) is 0.614. The van der Waals surface area contributed by atoms with E-state index in [1.54, 1.807) is 0 Å². The summed E-state index contributed by atoms with van der Waals surface area (Å²) in [6.07, 6.45) is 3.33. The molecule has 0 saturated heterocycles. The van der Waals surface area contributed by atoms with Crippen molar-refractivity contribution in [1.82, 2.24) is 0 Å². The molecule has 0 N–H and O–H groups in total. The molecule has 0 amide bonds. The van der Waals surface area contributed by atoms with Crippen LogP contribution in [0.15, 0.2) is 34.9 Å². The summed E-state index contributed by atoms with van der Waals surface area (Å²) in [5.74, 6) is 0. The summed E-state index contributed by atoms with van der Waals surface area (Å²) in [5, 5.41) is 0. The lowest BCUT2D eigenvalue weighted by molar-refractivity contribution is 1.08. The van der Waals surface area contributed by atoms with Gasteiger partial charge in [-0.2, -0.15) is 0 Å². The minimum Gasteiger partial charge on any atom is -0.0772 e. The Labute approximate surface area is 106 Å². The zero-order chi connectivity index (χ0) is 13.0. The normalized spacial score (nSPS) is 10.0. The van der Waals surface area contributed by atoms with E-state index < -0.39 is 0 Å². The van der Waals surface area contributed by atoms with Gasteiger partial charge in [-0.3, -0.25) is 0 Å². The molecule has 1 aromatic carbocycles. The number of allylic oxidation sites excluding steroid dienone is 3. The summed E-state index contributed by atoms with van der Waals surface area (Å²) in [6.45, 7) is 13.1. The van der Waals surface area contributed by atoms with Crippen LogP contribution < -0.4 is 0 Å². The van der Waals surface area contributed by atoms with Crippen LogP contribution in [0.3, 0.4) is 0 Å². The molecule has 92 valence electrons. The first-order chi connectivity index (χ1) is 7.90. The zero-order valence-corrected chi connectivity index (χ0v) is 12.0. The van der Waals surface area contributed by atoms with Crippen molar-refractivity contribution >= 4 is 6.08 Å². The van der Waals surface area contributed by atoms with Gasteiger partial charge < -0.3 is 0 Å². The second-order valence-corrected chi connectivity index (χ2v) is 5.38. The van der Waals surface area contributed by atoms with E-state index in [0.29, 0.717) is 0 Å². The maximum atomic E-state index is 2.31. The molecular formula is C17H24. The topological polar surface area (TPSA) is 0 Å². The first-order valence-electron chi connectivity index (χ1n) is 6.27. The molecule has 0 heterocycles. The average molecular weight is 228 g/mol. The second kappa shape index (κ2) is 5.86. The molecule has 0 nitrogen and oxygen atoms in total. The van der Waals surface area contributed by atoms with Crippen molar-refractivity contribution in [2.45, 2.75) is 48.0 Å². The number of benzene rings is 1. The Bertz CT molecular complexity index is 451. The molecule has 0 aromatic heterocycles. The third kappa shape index (κ3) is 4.22. The van der Waals surface area contributed by atoms with Gasteiger partial charge in [0.05, 0.1) is 0 Å². The Morgan fingerprint density at radius 1 is 1.06 bits per heavy atom. The molecule has 0 fully saturated rings. The van der Waals surface area contributed by atoms with Gasteiger partial charge in [0.15, 0.2) is 0 Å². The van der Waals surface area contributed by atoms with Crippen LogP contribution >= 0.6 is 0 Å². The standard InChI is InChI=1S/C17H24/c1-12(2)9-16-8-7-14(5)10-17(16)11-15(6)13(3)4/h7-10H,11H2,1-6H3. The highest BCUT2D eigenvalue weighted by atomic mass is 14.1. The highest BCUT2D eigenvalue weighted by Gasteiger charge is 2.03. The third-order valence-electron chi connectivity index (χ3n) is 3.05. The van der Waals surface area contributed by atoms with Crippen molar-refractivity contribution in [3.8, 4) is 0 Å². The molecule has 0 saturated carbocycles. The molecule has 1 aromatic rings. The summed E-state index contributed by atoms with van der Waals surface area (Å²) < 4.78 is 0. The van der Waals surface area contributed by atoms with Crippen LogP contribution in [0.1, 0.15) is 51.3 Å². The molecule has 0 aliphatic carbocycles. The van der Waals surface area contributed by atoms with Gasteiger partial charge in [0, 0.05) is 0 Å². The molecular weight excluding hydrogens is 204 g/mol. The van der Waals surface area contributed by atoms with E-state index in [9.17, 15) is 0 Å². The number of hydrogen-bond acceptors (Lipinski definition) is 0. The monoisotopic (exact) mass is 228 g/mol. The van der Waals surface area contributed by atoms with E-state index in [4.69, 9.17) is 0 Å². The van der Waals surface area contributed by atoms with Gasteiger partial charge in [0.25, 0.3) is 0 Å². The van der Waals surface area contributed by atoms with Gasteiger partial charge in [-0.1, -0.05) is 46.6 Å². The van der Waals surface area contributed by atoms with Crippen LogP contribution in [0, 0.1) is 6.92 Å². The molecule has 0 spiro atoms. The summed E-state index contributed by atoms with van der Waals surface area (Å²) in [7, 11) is 0. The molecule has 0 radical (unpaired) electrons. The van der Waals surface area contributed by atoms with Gasteiger partial charge in [-0.25, -0.2) is 0 Å². The lowest BCUT2D eigenvalue weighted by Crippen LogP contribution is -1.94. The fourth-order valence-electron chi connectivity index (χ4n) is 1.80. The van der Waals surface area contributed by atoms with E-state index in [-0.39, 0.29) is 0 Å². The number of aryl methyl sites for hydroxylation is 1. The first kappa shape index (κ1) is 13.8. The molecule has 0 bridgehead atoms. The highest BCUT2D eigenvalue weighted by Crippen LogP contribution is 2.20. The van der Waals surface area contributed by atoms with Crippen LogP contribution in [0.4, 0.5) is 0 Å². The SMILES string of the molecule is CC(C)=Cc1ccc(C)cc1CC(C)=C(C)C. The fraction of sp³-hybridized carbons (Fsp3) is 0.412. The van der Waals surface area contributed by atoms with Gasteiger partial charge in [0.1, 0.15) is 0 Å². The zero-order valence-electron chi connectivity index (χ0n) is 12.0. The summed E-state index contributed by atoms with van der Waals surface area (Å²) in [6, 6.07) is 6.73. The Hall–Kier alpha value is -1.30. The Morgan fingerprint density at radius 3 is 2.24 bits per heavy atom. The Balaban J connectivity index is 3.17. The second-order valence-electron chi connectivity index (χ2n) is 5.38. The van der Waals surface area contributed by atoms with Gasteiger partial charge >= 0.3 is 0 Å². The average Bonchev–Trinajstić information content (AvgIpc) is 2.21. The molecule has 0 atom stereocenters. The number of rotatable bonds is 3. The smallest absolute Gasteiger partial charge is 0.00614 e. The van der Waals surface area contributed by atoms with E-state index in [2.05, 4.69) is 65.8 Å². The van der Waals surface area contributed by atoms with Gasteiger partial charge in [0.2, 0.25) is 0 Å². The van der Waals surface area contributed by atoms with E-state index in [0.717, 1.165) is 6.42 Å². The van der Waals surface area contributed by atoms with E-state index in [1.807, 2.05) is 0 Å². The van der Waals surface area contributed by atoms with Crippen molar-refractivity contribution in [2.24, 2.45) is 0 Å². The fourth-order valence-corrected chi connectivity index (χ4v) is 1.80. The van der Waals surface area contributed by atoms with Crippen LogP contribution in [0.5, 0.6) is 0 Å². The maximum absolute atomic E-state index is 2.31. The van der Waals surface area contributed by atoms with Crippen molar-refractivity contribution in [2.75, 3.05) is 0 Å².